The van der Waals surface area contributed by atoms with Gasteiger partial charge in [-0.1, -0.05) is 34.1 Å². The molecule has 0 saturated heterocycles. The number of esters is 1. The largest absolute Gasteiger partial charge is 0.479 e. The van der Waals surface area contributed by atoms with Crippen LogP contribution >= 0.6 is 15.9 Å². The Hall–Kier alpha value is -2.60. The molecule has 1 heterocycles. The van der Waals surface area contributed by atoms with Gasteiger partial charge in [0.1, 0.15) is 11.5 Å². The molecule has 0 N–H and O–H groups in total. The van der Waals surface area contributed by atoms with Gasteiger partial charge in [0.25, 0.3) is 0 Å². The molecule has 3 rings (SSSR count). The first-order chi connectivity index (χ1) is 12.5. The molecule has 134 valence electrons. The number of hydrogen-bond donors (Lipinski definition) is 0. The number of Topliss-reactive ketones (excluding diaryl/α,β-unsaturated/α-hetero) is 1. The molecule has 1 aliphatic heterocycles. The van der Waals surface area contributed by atoms with Crippen molar-refractivity contribution in [3.05, 3.63) is 63.8 Å². The molecule has 0 unspecified atom stereocenters. The van der Waals surface area contributed by atoms with Gasteiger partial charge in [0, 0.05) is 10.5 Å². The molecule has 6 heteroatoms. The van der Waals surface area contributed by atoms with Gasteiger partial charge < -0.3 is 14.2 Å². The van der Waals surface area contributed by atoms with Gasteiger partial charge in [-0.15, -0.1) is 0 Å². The topological polar surface area (TPSA) is 61.8 Å². The van der Waals surface area contributed by atoms with Gasteiger partial charge in [-0.25, -0.2) is 4.79 Å². The van der Waals surface area contributed by atoms with Crippen LogP contribution in [0.15, 0.2) is 52.7 Å². The predicted molar refractivity (Wildman–Crippen MR) is 100 cm³/mol. The molecule has 0 fully saturated rings. The van der Waals surface area contributed by atoms with E-state index < -0.39 is 12.1 Å². The molecule has 2 aromatic rings. The number of rotatable bonds is 5. The van der Waals surface area contributed by atoms with Crippen molar-refractivity contribution < 1.29 is 23.8 Å². The number of benzene rings is 2. The summed E-state index contributed by atoms with van der Waals surface area (Å²) in [5, 5.41) is 0. The second kappa shape index (κ2) is 7.74. The Bertz CT molecular complexity index is 888. The van der Waals surface area contributed by atoms with Crippen molar-refractivity contribution >= 4 is 33.8 Å². The number of ketones is 1. The maximum Gasteiger partial charge on any atom is 0.347 e. The van der Waals surface area contributed by atoms with Crippen molar-refractivity contribution in [3.8, 4) is 11.5 Å². The van der Waals surface area contributed by atoms with E-state index in [-0.39, 0.29) is 18.1 Å². The van der Waals surface area contributed by atoms with Gasteiger partial charge in [-0.05, 0) is 43.7 Å². The molecule has 1 aliphatic rings. The lowest BCUT2D eigenvalue weighted by Crippen LogP contribution is -2.26. The van der Waals surface area contributed by atoms with Crippen LogP contribution < -0.4 is 9.47 Å². The van der Waals surface area contributed by atoms with E-state index in [1.807, 2.05) is 24.3 Å². The Morgan fingerprint density at radius 3 is 2.77 bits per heavy atom. The highest BCUT2D eigenvalue weighted by atomic mass is 79.9. The summed E-state index contributed by atoms with van der Waals surface area (Å²) in [5.74, 6) is 0.434. The van der Waals surface area contributed by atoms with Crippen LogP contribution in [0.5, 0.6) is 11.5 Å². The third-order valence-electron chi connectivity index (χ3n) is 3.76. The lowest BCUT2D eigenvalue weighted by Gasteiger charge is -2.13. The highest BCUT2D eigenvalue weighted by Gasteiger charge is 2.28. The quantitative estimate of drug-likeness (QED) is 0.533. The number of carbonyl (C=O) groups is 2. The van der Waals surface area contributed by atoms with Crippen molar-refractivity contribution in [2.75, 3.05) is 6.61 Å². The number of allylic oxidation sites excluding steroid dienone is 1. The highest BCUT2D eigenvalue weighted by molar-refractivity contribution is 9.10. The molecule has 0 aliphatic carbocycles. The molecular formula is C20H17BrO5. The summed E-state index contributed by atoms with van der Waals surface area (Å²) < 4.78 is 17.1. The standard InChI is InChI=1S/C20H17BrO5/c1-3-24-20(23)12(2)25-14-8-9-15-17(11-14)26-18(19(15)22)10-13-6-4-5-7-16(13)21/h4-12H,3H2,1-2H3/b18-10-/t12-/m0/s1. The van der Waals surface area contributed by atoms with E-state index >= 15 is 0 Å². The summed E-state index contributed by atoms with van der Waals surface area (Å²) in [6.07, 6.45) is 0.939. The van der Waals surface area contributed by atoms with Gasteiger partial charge >= 0.3 is 5.97 Å². The number of hydrogen-bond acceptors (Lipinski definition) is 5. The first-order valence-corrected chi connectivity index (χ1v) is 8.95. The number of fused-ring (bicyclic) bond motifs is 1. The van der Waals surface area contributed by atoms with E-state index in [1.54, 1.807) is 38.1 Å². The van der Waals surface area contributed by atoms with Gasteiger partial charge in [-0.3, -0.25) is 4.79 Å². The van der Waals surface area contributed by atoms with E-state index in [1.165, 1.54) is 0 Å². The monoisotopic (exact) mass is 416 g/mol. The smallest absolute Gasteiger partial charge is 0.347 e. The van der Waals surface area contributed by atoms with Crippen LogP contribution in [0.4, 0.5) is 0 Å². The highest BCUT2D eigenvalue weighted by Crippen LogP contribution is 2.35. The fourth-order valence-corrected chi connectivity index (χ4v) is 2.89. The van der Waals surface area contributed by atoms with Crippen LogP contribution in [-0.2, 0) is 9.53 Å². The number of carbonyl (C=O) groups excluding carboxylic acids is 2. The molecule has 0 saturated carbocycles. The Morgan fingerprint density at radius 1 is 1.27 bits per heavy atom. The minimum atomic E-state index is -0.750. The molecule has 0 spiro atoms. The third kappa shape index (κ3) is 3.80. The van der Waals surface area contributed by atoms with Crippen molar-refractivity contribution in [1.82, 2.24) is 0 Å². The lowest BCUT2D eigenvalue weighted by atomic mass is 10.1. The molecule has 0 bridgehead atoms. The molecule has 5 nitrogen and oxygen atoms in total. The molecule has 0 amide bonds. The summed E-state index contributed by atoms with van der Waals surface area (Å²) in [7, 11) is 0. The van der Waals surface area contributed by atoms with E-state index in [4.69, 9.17) is 14.2 Å². The summed E-state index contributed by atoms with van der Waals surface area (Å²) in [6.45, 7) is 3.63. The first-order valence-electron chi connectivity index (χ1n) is 8.15. The average Bonchev–Trinajstić information content (AvgIpc) is 2.92. The van der Waals surface area contributed by atoms with Crippen molar-refractivity contribution in [3.63, 3.8) is 0 Å². The van der Waals surface area contributed by atoms with E-state index in [0.29, 0.717) is 17.1 Å². The zero-order chi connectivity index (χ0) is 18.7. The second-order valence-electron chi connectivity index (χ2n) is 5.63. The Kier molecular flexibility index (Phi) is 5.42. The molecule has 2 aromatic carbocycles. The molecule has 0 radical (unpaired) electrons. The fourth-order valence-electron chi connectivity index (χ4n) is 2.49. The van der Waals surface area contributed by atoms with Crippen LogP contribution in [0.2, 0.25) is 0 Å². The summed E-state index contributed by atoms with van der Waals surface area (Å²) in [5.41, 5.74) is 1.30. The number of halogens is 1. The minimum absolute atomic E-state index is 0.194. The molecule has 0 aromatic heterocycles. The zero-order valence-corrected chi connectivity index (χ0v) is 15.9. The van der Waals surface area contributed by atoms with Gasteiger partial charge in [0.15, 0.2) is 11.9 Å². The maximum atomic E-state index is 12.5. The first kappa shape index (κ1) is 18.2. The minimum Gasteiger partial charge on any atom is -0.479 e. The molecular weight excluding hydrogens is 400 g/mol. The average molecular weight is 417 g/mol. The van der Waals surface area contributed by atoms with Gasteiger partial charge in [0.05, 0.1) is 12.2 Å². The fraction of sp³-hybridized carbons (Fsp3) is 0.200. The van der Waals surface area contributed by atoms with E-state index in [9.17, 15) is 9.59 Å². The lowest BCUT2D eigenvalue weighted by molar-refractivity contribution is -0.150. The van der Waals surface area contributed by atoms with Crippen LogP contribution in [0.3, 0.4) is 0 Å². The van der Waals surface area contributed by atoms with Crippen LogP contribution in [0, 0.1) is 0 Å². The number of ether oxygens (including phenoxy) is 3. The Labute approximate surface area is 159 Å². The Morgan fingerprint density at radius 2 is 2.04 bits per heavy atom. The second-order valence-corrected chi connectivity index (χ2v) is 6.49. The van der Waals surface area contributed by atoms with Crippen molar-refractivity contribution in [1.29, 1.82) is 0 Å². The maximum absolute atomic E-state index is 12.5. The molecule has 1 atom stereocenters. The normalized spacial score (nSPS) is 15.3. The van der Waals surface area contributed by atoms with Gasteiger partial charge in [0.2, 0.25) is 5.78 Å². The summed E-state index contributed by atoms with van der Waals surface area (Å²) >= 11 is 3.45. The SMILES string of the molecule is CCOC(=O)[C@H](C)Oc1ccc2c(c1)O/C(=C\c1ccccc1Br)C2=O. The van der Waals surface area contributed by atoms with E-state index in [2.05, 4.69) is 15.9 Å². The van der Waals surface area contributed by atoms with Crippen LogP contribution in [0.25, 0.3) is 6.08 Å². The van der Waals surface area contributed by atoms with Gasteiger partial charge in [-0.2, -0.15) is 0 Å². The van der Waals surface area contributed by atoms with E-state index in [0.717, 1.165) is 10.0 Å². The van der Waals surface area contributed by atoms with Crippen molar-refractivity contribution in [2.45, 2.75) is 20.0 Å². The zero-order valence-electron chi connectivity index (χ0n) is 14.3. The third-order valence-corrected chi connectivity index (χ3v) is 4.49. The van der Waals surface area contributed by atoms with Crippen LogP contribution in [0.1, 0.15) is 29.8 Å². The molecule has 26 heavy (non-hydrogen) atoms. The summed E-state index contributed by atoms with van der Waals surface area (Å²) in [4.78, 5) is 24.2. The van der Waals surface area contributed by atoms with Crippen molar-refractivity contribution in [2.24, 2.45) is 0 Å². The summed E-state index contributed by atoms with van der Waals surface area (Å²) in [6, 6.07) is 12.4. The predicted octanol–water partition coefficient (Wildman–Crippen LogP) is 4.40. The Balaban J connectivity index is 1.80. The van der Waals surface area contributed by atoms with Crippen LogP contribution in [-0.4, -0.2) is 24.5 Å².